The normalized spacial score (nSPS) is 31.7. The van der Waals surface area contributed by atoms with E-state index in [1.54, 1.807) is 18.2 Å². The smallest absolute Gasteiger partial charge is 0.280 e. The first-order valence-corrected chi connectivity index (χ1v) is 8.66. The molecule has 0 aromatic heterocycles. The van der Waals surface area contributed by atoms with E-state index < -0.39 is 5.72 Å². The van der Waals surface area contributed by atoms with Crippen molar-refractivity contribution >= 4 is 5.91 Å². The molecule has 0 bridgehead atoms. The van der Waals surface area contributed by atoms with Crippen molar-refractivity contribution in [3.63, 3.8) is 0 Å². The molecule has 2 atom stereocenters. The number of hydrogen-bond acceptors (Lipinski definition) is 4. The quantitative estimate of drug-likeness (QED) is 0.834. The molecule has 124 valence electrons. The van der Waals surface area contributed by atoms with Crippen molar-refractivity contribution < 1.29 is 14.6 Å². The summed E-state index contributed by atoms with van der Waals surface area (Å²) < 4.78 is 6.32. The fourth-order valence-corrected chi connectivity index (χ4v) is 4.31. The zero-order valence-electron chi connectivity index (χ0n) is 13.5. The van der Waals surface area contributed by atoms with Crippen LogP contribution in [0.2, 0.25) is 0 Å². The molecule has 0 radical (unpaired) electrons. The zero-order valence-corrected chi connectivity index (χ0v) is 13.5. The molecule has 3 aliphatic rings. The molecule has 0 spiro atoms. The molecular formula is C18H24N2O3. The molecule has 2 N–H and O–H groups in total. The number of rotatable bonds is 1. The third-order valence-electron chi connectivity index (χ3n) is 5.64. The number of carbonyl (C=O) groups excluding carboxylic acids is 1. The molecule has 0 aliphatic carbocycles. The number of nitrogens with one attached hydrogen (secondary N) is 1. The van der Waals surface area contributed by atoms with Crippen LogP contribution in [0.4, 0.5) is 0 Å². The predicted octanol–water partition coefficient (Wildman–Crippen LogP) is 2.21. The van der Waals surface area contributed by atoms with Crippen LogP contribution < -0.4 is 10.1 Å². The van der Waals surface area contributed by atoms with E-state index in [0.717, 1.165) is 50.1 Å². The number of hydrogen-bond donors (Lipinski definition) is 2. The summed E-state index contributed by atoms with van der Waals surface area (Å²) in [5.41, 5.74) is 0.0351. The number of ether oxygens (including phenoxy) is 1. The highest BCUT2D eigenvalue weighted by Gasteiger charge is 2.58. The van der Waals surface area contributed by atoms with Crippen molar-refractivity contribution in [1.82, 2.24) is 10.2 Å². The fourth-order valence-electron chi connectivity index (χ4n) is 4.31. The van der Waals surface area contributed by atoms with Crippen LogP contribution in [0.5, 0.6) is 11.5 Å². The Kier molecular flexibility index (Phi) is 3.48. The first-order chi connectivity index (χ1) is 11.1. The Morgan fingerprint density at radius 3 is 2.87 bits per heavy atom. The second-order valence-corrected chi connectivity index (χ2v) is 7.14. The van der Waals surface area contributed by atoms with Gasteiger partial charge < -0.3 is 15.2 Å². The number of amides is 1. The van der Waals surface area contributed by atoms with Gasteiger partial charge in [0.25, 0.3) is 5.91 Å². The summed E-state index contributed by atoms with van der Waals surface area (Å²) >= 11 is 0. The molecular weight excluding hydrogens is 292 g/mol. The Balaban J connectivity index is 1.78. The van der Waals surface area contributed by atoms with Gasteiger partial charge in [-0.3, -0.25) is 9.69 Å². The predicted molar refractivity (Wildman–Crippen MR) is 86.4 cm³/mol. The average molecular weight is 316 g/mol. The Labute approximate surface area is 136 Å². The van der Waals surface area contributed by atoms with Gasteiger partial charge in [-0.25, -0.2) is 0 Å². The van der Waals surface area contributed by atoms with E-state index in [-0.39, 0.29) is 17.6 Å². The van der Waals surface area contributed by atoms with Gasteiger partial charge in [0.05, 0.1) is 5.92 Å². The lowest BCUT2D eigenvalue weighted by molar-refractivity contribution is -0.160. The number of benzene rings is 1. The van der Waals surface area contributed by atoms with Gasteiger partial charge in [0, 0.05) is 25.2 Å². The number of nitrogens with zero attached hydrogens (tertiary/aromatic N) is 1. The second kappa shape index (κ2) is 5.41. The highest BCUT2D eigenvalue weighted by molar-refractivity contribution is 5.88. The molecule has 5 nitrogen and oxygen atoms in total. The molecule has 2 saturated heterocycles. The topological polar surface area (TPSA) is 61.8 Å². The lowest BCUT2D eigenvalue weighted by atomic mass is 9.84. The van der Waals surface area contributed by atoms with E-state index in [9.17, 15) is 9.90 Å². The summed E-state index contributed by atoms with van der Waals surface area (Å²) in [6.45, 7) is 4.72. The van der Waals surface area contributed by atoms with Crippen molar-refractivity contribution in [1.29, 1.82) is 0 Å². The molecule has 4 rings (SSSR count). The molecule has 1 aromatic rings. The van der Waals surface area contributed by atoms with E-state index in [1.165, 1.54) is 0 Å². The van der Waals surface area contributed by atoms with E-state index in [1.807, 2.05) is 0 Å². The van der Waals surface area contributed by atoms with Crippen LogP contribution in [-0.4, -0.2) is 41.3 Å². The summed E-state index contributed by atoms with van der Waals surface area (Å²) in [7, 11) is 0. The monoisotopic (exact) mass is 316 g/mol. The number of phenolic OH excluding ortho intramolecular Hbond substituents is 1. The summed E-state index contributed by atoms with van der Waals surface area (Å²) in [5, 5.41) is 12.9. The molecule has 1 aromatic carbocycles. The van der Waals surface area contributed by atoms with E-state index in [4.69, 9.17) is 4.74 Å². The molecule has 0 saturated carbocycles. The minimum Gasteiger partial charge on any atom is -0.508 e. The van der Waals surface area contributed by atoms with Crippen molar-refractivity contribution in [2.45, 2.75) is 44.2 Å². The van der Waals surface area contributed by atoms with E-state index in [0.29, 0.717) is 12.5 Å². The molecule has 3 heterocycles. The van der Waals surface area contributed by atoms with Gasteiger partial charge in [-0.05, 0) is 49.8 Å². The average Bonchev–Trinajstić information content (AvgIpc) is 2.77. The van der Waals surface area contributed by atoms with Crippen LogP contribution in [0.15, 0.2) is 18.2 Å². The van der Waals surface area contributed by atoms with Crippen molar-refractivity contribution in [3.05, 3.63) is 23.8 Å². The Hall–Kier alpha value is -1.75. The standard InChI is InChI=1S/C18H24N2O3/c1-12-6-9-20(10-7-12)18-15(3-2-8-19-17(18)22)14-11-13(21)4-5-16(14)23-18/h4-5,11-12,15,21H,2-3,6-10H2,1H3,(H,19,22)/t15-,18-/m0/s1. The maximum atomic E-state index is 13.0. The first kappa shape index (κ1) is 14.8. The van der Waals surface area contributed by atoms with Gasteiger partial charge in [-0.15, -0.1) is 0 Å². The summed E-state index contributed by atoms with van der Waals surface area (Å²) in [6, 6.07) is 5.20. The van der Waals surface area contributed by atoms with Crippen LogP contribution in [0, 0.1) is 5.92 Å². The van der Waals surface area contributed by atoms with Gasteiger partial charge in [0.2, 0.25) is 5.72 Å². The maximum Gasteiger partial charge on any atom is 0.280 e. The third kappa shape index (κ3) is 2.21. The zero-order chi connectivity index (χ0) is 16.0. The van der Waals surface area contributed by atoms with Gasteiger partial charge in [0.1, 0.15) is 11.5 Å². The number of carbonyl (C=O) groups is 1. The largest absolute Gasteiger partial charge is 0.508 e. The van der Waals surface area contributed by atoms with Crippen LogP contribution in [0.1, 0.15) is 44.1 Å². The summed E-state index contributed by atoms with van der Waals surface area (Å²) in [4.78, 5) is 15.2. The Bertz CT molecular complexity index is 625. The Morgan fingerprint density at radius 1 is 1.30 bits per heavy atom. The summed E-state index contributed by atoms with van der Waals surface area (Å²) in [6.07, 6.45) is 4.00. The second-order valence-electron chi connectivity index (χ2n) is 7.14. The molecule has 5 heteroatoms. The fraction of sp³-hybridized carbons (Fsp3) is 0.611. The maximum absolute atomic E-state index is 13.0. The molecule has 0 unspecified atom stereocenters. The van der Waals surface area contributed by atoms with Gasteiger partial charge >= 0.3 is 0 Å². The molecule has 1 amide bonds. The van der Waals surface area contributed by atoms with Crippen molar-refractivity contribution in [3.8, 4) is 11.5 Å². The van der Waals surface area contributed by atoms with E-state index in [2.05, 4.69) is 17.1 Å². The van der Waals surface area contributed by atoms with Crippen molar-refractivity contribution in [2.75, 3.05) is 19.6 Å². The van der Waals surface area contributed by atoms with Crippen LogP contribution in [-0.2, 0) is 4.79 Å². The van der Waals surface area contributed by atoms with Crippen LogP contribution >= 0.6 is 0 Å². The van der Waals surface area contributed by atoms with Gasteiger partial charge in [-0.2, -0.15) is 0 Å². The number of likely N-dealkylation sites (tertiary alicyclic amines) is 1. The number of piperidine rings is 1. The Morgan fingerprint density at radius 2 is 2.09 bits per heavy atom. The van der Waals surface area contributed by atoms with Gasteiger partial charge in [-0.1, -0.05) is 6.92 Å². The number of fused-ring (bicyclic) bond motifs is 3. The SMILES string of the molecule is CC1CCN([C@]23Oc4ccc(O)cc4[C@@H]2CCCNC3=O)CC1. The highest BCUT2D eigenvalue weighted by atomic mass is 16.5. The van der Waals surface area contributed by atoms with E-state index >= 15 is 0 Å². The molecule has 2 fully saturated rings. The molecule has 23 heavy (non-hydrogen) atoms. The molecule has 3 aliphatic heterocycles. The van der Waals surface area contributed by atoms with Crippen LogP contribution in [0.3, 0.4) is 0 Å². The first-order valence-electron chi connectivity index (χ1n) is 8.66. The third-order valence-corrected chi connectivity index (χ3v) is 5.64. The minimum absolute atomic E-state index is 0.0134. The van der Waals surface area contributed by atoms with Crippen LogP contribution in [0.25, 0.3) is 0 Å². The van der Waals surface area contributed by atoms with Crippen molar-refractivity contribution in [2.24, 2.45) is 5.92 Å². The summed E-state index contributed by atoms with van der Waals surface area (Å²) in [5.74, 6) is 1.64. The lowest BCUT2D eigenvalue weighted by Crippen LogP contribution is -2.64. The van der Waals surface area contributed by atoms with Gasteiger partial charge in [0.15, 0.2) is 0 Å². The number of phenols is 1. The minimum atomic E-state index is -0.938. The number of aromatic hydroxyl groups is 1. The highest BCUT2D eigenvalue weighted by Crippen LogP contribution is 2.51. The lowest BCUT2D eigenvalue weighted by Gasteiger charge is -2.44.